The lowest BCUT2D eigenvalue weighted by Gasteiger charge is -2.61. The fourth-order valence-electron chi connectivity index (χ4n) is 8.83. The minimum Gasteiger partial charge on any atom is -0.347 e. The summed E-state index contributed by atoms with van der Waals surface area (Å²) >= 11 is 0. The van der Waals surface area contributed by atoms with Gasteiger partial charge in [0.25, 0.3) is 0 Å². The van der Waals surface area contributed by atoms with E-state index in [0.717, 1.165) is 45.3 Å². The summed E-state index contributed by atoms with van der Waals surface area (Å²) in [6.07, 6.45) is 15.3. The molecule has 1 spiro atoms. The molecule has 3 nitrogen and oxygen atoms in total. The number of rotatable bonds is 4. The van der Waals surface area contributed by atoms with Gasteiger partial charge in [0.1, 0.15) is 5.78 Å². The average molecular weight is 411 g/mol. The Morgan fingerprint density at radius 2 is 1.70 bits per heavy atom. The fourth-order valence-corrected chi connectivity index (χ4v) is 8.83. The summed E-state index contributed by atoms with van der Waals surface area (Å²) in [5, 5.41) is 0. The van der Waals surface area contributed by atoms with Gasteiger partial charge < -0.3 is 9.47 Å². The highest BCUT2D eigenvalue weighted by molar-refractivity contribution is 5.90. The summed E-state index contributed by atoms with van der Waals surface area (Å²) in [6.45, 7) is 14.4. The number of ketones is 1. The quantitative estimate of drug-likeness (QED) is 0.532. The SMILES string of the molecule is C=CCC1(CC=C)C(=O)CCC2(C)C1=CCC1C2CCC2(C)[C@H]1CCC21OCCO1. The van der Waals surface area contributed by atoms with E-state index in [1.54, 1.807) is 0 Å². The van der Waals surface area contributed by atoms with Gasteiger partial charge in [0.15, 0.2) is 5.79 Å². The molecular weight excluding hydrogens is 372 g/mol. The van der Waals surface area contributed by atoms with Crippen LogP contribution < -0.4 is 0 Å². The van der Waals surface area contributed by atoms with Gasteiger partial charge in [-0.2, -0.15) is 0 Å². The van der Waals surface area contributed by atoms with Crippen LogP contribution in [0.5, 0.6) is 0 Å². The molecule has 164 valence electrons. The van der Waals surface area contributed by atoms with Crippen molar-refractivity contribution >= 4 is 5.78 Å². The Hall–Kier alpha value is -1.19. The van der Waals surface area contributed by atoms with Gasteiger partial charge in [-0.1, -0.05) is 37.6 Å². The third-order valence-electron chi connectivity index (χ3n) is 10.2. The first-order chi connectivity index (χ1) is 14.4. The molecule has 0 bridgehead atoms. The van der Waals surface area contributed by atoms with Crippen LogP contribution in [0.25, 0.3) is 0 Å². The molecule has 0 aromatic rings. The van der Waals surface area contributed by atoms with Crippen LogP contribution in [0.1, 0.15) is 71.6 Å². The van der Waals surface area contributed by atoms with Gasteiger partial charge in [0.2, 0.25) is 0 Å². The van der Waals surface area contributed by atoms with Crippen LogP contribution in [0, 0.1) is 34.0 Å². The third kappa shape index (κ3) is 2.43. The second-order valence-electron chi connectivity index (χ2n) is 11.1. The van der Waals surface area contributed by atoms with Crippen molar-refractivity contribution in [3.05, 3.63) is 37.0 Å². The molecule has 4 unspecified atom stereocenters. The first-order valence-electron chi connectivity index (χ1n) is 12.1. The summed E-state index contributed by atoms with van der Waals surface area (Å²) < 4.78 is 12.6. The van der Waals surface area contributed by atoms with Crippen LogP contribution in [-0.4, -0.2) is 24.8 Å². The maximum Gasteiger partial charge on any atom is 0.174 e. The monoisotopic (exact) mass is 410 g/mol. The minimum absolute atomic E-state index is 0.108. The largest absolute Gasteiger partial charge is 0.347 e. The number of allylic oxidation sites excluding steroid dienone is 4. The molecule has 0 radical (unpaired) electrons. The Bertz CT molecular complexity index is 778. The average Bonchev–Trinajstić information content (AvgIpc) is 3.32. The third-order valence-corrected chi connectivity index (χ3v) is 10.2. The molecule has 1 aliphatic heterocycles. The molecule has 3 saturated carbocycles. The number of hydrogen-bond donors (Lipinski definition) is 0. The van der Waals surface area contributed by atoms with Crippen LogP contribution in [0.15, 0.2) is 37.0 Å². The highest BCUT2D eigenvalue weighted by Crippen LogP contribution is 2.70. The maximum atomic E-state index is 13.3. The Labute approximate surface area is 182 Å². The van der Waals surface area contributed by atoms with E-state index in [1.807, 2.05) is 12.2 Å². The Balaban J connectivity index is 1.54. The molecule has 0 amide bonds. The molecule has 0 aromatic carbocycles. The molecular formula is C27H38O3. The van der Waals surface area contributed by atoms with E-state index < -0.39 is 5.41 Å². The lowest BCUT2D eigenvalue weighted by molar-refractivity contribution is -0.242. The topological polar surface area (TPSA) is 35.5 Å². The predicted molar refractivity (Wildman–Crippen MR) is 119 cm³/mol. The van der Waals surface area contributed by atoms with Gasteiger partial charge >= 0.3 is 0 Å². The Kier molecular flexibility index (Phi) is 4.76. The van der Waals surface area contributed by atoms with Gasteiger partial charge in [-0.05, 0) is 68.1 Å². The number of hydrogen-bond acceptors (Lipinski definition) is 3. The van der Waals surface area contributed by atoms with Gasteiger partial charge in [-0.15, -0.1) is 13.2 Å². The first-order valence-corrected chi connectivity index (χ1v) is 12.1. The maximum absolute atomic E-state index is 13.3. The van der Waals surface area contributed by atoms with E-state index in [0.29, 0.717) is 30.0 Å². The van der Waals surface area contributed by atoms with Crippen molar-refractivity contribution in [2.24, 2.45) is 34.0 Å². The van der Waals surface area contributed by atoms with Crippen LogP contribution >= 0.6 is 0 Å². The van der Waals surface area contributed by atoms with Crippen molar-refractivity contribution in [2.45, 2.75) is 77.4 Å². The van der Waals surface area contributed by atoms with Crippen molar-refractivity contribution in [1.82, 2.24) is 0 Å². The Morgan fingerprint density at radius 3 is 2.37 bits per heavy atom. The lowest BCUT2D eigenvalue weighted by Crippen LogP contribution is -2.57. The van der Waals surface area contributed by atoms with E-state index in [1.165, 1.54) is 24.8 Å². The minimum atomic E-state index is -0.406. The second kappa shape index (κ2) is 6.90. The standard InChI is InChI=1S/C27H38O3/c1-5-12-26(13-6-2)22-8-7-19-20(24(22,3)14-11-23(26)28)9-15-25(4)21(19)10-16-27(25)29-17-18-30-27/h5-6,8,19-21H,1-2,7,9-18H2,3-4H3/t19?,20?,21-,24?,25?/m0/s1. The summed E-state index contributed by atoms with van der Waals surface area (Å²) in [7, 11) is 0. The molecule has 1 saturated heterocycles. The number of carbonyl (C=O) groups excluding carboxylic acids is 1. The van der Waals surface area contributed by atoms with Crippen molar-refractivity contribution in [3.8, 4) is 0 Å². The zero-order valence-electron chi connectivity index (χ0n) is 18.9. The highest BCUT2D eigenvalue weighted by atomic mass is 16.7. The van der Waals surface area contributed by atoms with Crippen LogP contribution in [0.2, 0.25) is 0 Å². The van der Waals surface area contributed by atoms with Crippen molar-refractivity contribution in [1.29, 1.82) is 0 Å². The number of fused-ring (bicyclic) bond motifs is 6. The molecule has 5 aliphatic rings. The van der Waals surface area contributed by atoms with Crippen molar-refractivity contribution in [2.75, 3.05) is 13.2 Å². The normalized spacial score (nSPS) is 43.5. The molecule has 5 rings (SSSR count). The predicted octanol–water partition coefficient (Wildman–Crippen LogP) is 6.01. The molecule has 1 heterocycles. The van der Waals surface area contributed by atoms with Gasteiger partial charge in [-0.3, -0.25) is 4.79 Å². The summed E-state index contributed by atoms with van der Waals surface area (Å²) in [4.78, 5) is 13.3. The molecule has 5 atom stereocenters. The fraction of sp³-hybridized carbons (Fsp3) is 0.741. The molecule has 0 aromatic heterocycles. The first kappa shape index (κ1) is 20.7. The van der Waals surface area contributed by atoms with E-state index in [4.69, 9.17) is 9.47 Å². The van der Waals surface area contributed by atoms with Crippen LogP contribution in [0.3, 0.4) is 0 Å². The van der Waals surface area contributed by atoms with Gasteiger partial charge in [-0.25, -0.2) is 0 Å². The highest BCUT2D eigenvalue weighted by Gasteiger charge is 2.67. The summed E-state index contributed by atoms with van der Waals surface area (Å²) in [5.74, 6) is 2.02. The molecule has 3 heteroatoms. The van der Waals surface area contributed by atoms with Crippen molar-refractivity contribution < 1.29 is 14.3 Å². The molecule has 4 fully saturated rings. The molecule has 30 heavy (non-hydrogen) atoms. The van der Waals surface area contributed by atoms with E-state index in [2.05, 4.69) is 33.1 Å². The van der Waals surface area contributed by atoms with E-state index in [9.17, 15) is 4.79 Å². The number of carbonyl (C=O) groups is 1. The van der Waals surface area contributed by atoms with Crippen LogP contribution in [0.4, 0.5) is 0 Å². The number of Topliss-reactive ketones (excluding diaryl/α,β-unsaturated/α-hetero) is 1. The van der Waals surface area contributed by atoms with Gasteiger partial charge in [0.05, 0.1) is 18.6 Å². The van der Waals surface area contributed by atoms with Gasteiger partial charge in [0, 0.05) is 18.3 Å². The van der Waals surface area contributed by atoms with E-state index in [-0.39, 0.29) is 16.6 Å². The zero-order chi connectivity index (χ0) is 21.2. The zero-order valence-corrected chi connectivity index (χ0v) is 18.9. The lowest BCUT2D eigenvalue weighted by atomic mass is 9.43. The number of ether oxygens (including phenoxy) is 2. The summed E-state index contributed by atoms with van der Waals surface area (Å²) in [6, 6.07) is 0. The molecule has 0 N–H and O–H groups in total. The molecule has 4 aliphatic carbocycles. The summed E-state index contributed by atoms with van der Waals surface area (Å²) in [5.41, 5.74) is 1.24. The smallest absolute Gasteiger partial charge is 0.174 e. The van der Waals surface area contributed by atoms with E-state index >= 15 is 0 Å². The second-order valence-corrected chi connectivity index (χ2v) is 11.1. The van der Waals surface area contributed by atoms with Crippen LogP contribution in [-0.2, 0) is 14.3 Å². The van der Waals surface area contributed by atoms with Crippen molar-refractivity contribution in [3.63, 3.8) is 0 Å². The Morgan fingerprint density at radius 1 is 1.03 bits per heavy atom.